The van der Waals surface area contributed by atoms with E-state index in [1.807, 2.05) is 56.3 Å². The van der Waals surface area contributed by atoms with Gasteiger partial charge in [-0.05, 0) is 42.9 Å². The lowest BCUT2D eigenvalue weighted by molar-refractivity contribution is -0.150. The van der Waals surface area contributed by atoms with Crippen molar-refractivity contribution >= 4 is 5.97 Å². The maximum Gasteiger partial charge on any atom is 0.313 e. The predicted molar refractivity (Wildman–Crippen MR) is 94.3 cm³/mol. The Labute approximate surface area is 139 Å². The van der Waals surface area contributed by atoms with Crippen molar-refractivity contribution < 1.29 is 9.53 Å². The van der Waals surface area contributed by atoms with E-state index in [9.17, 15) is 4.79 Å². The van der Waals surface area contributed by atoms with E-state index in [0.29, 0.717) is 5.92 Å². The third-order valence-electron chi connectivity index (χ3n) is 4.04. The molecule has 0 bridgehead atoms. The van der Waals surface area contributed by atoms with Crippen LogP contribution in [0.1, 0.15) is 56.4 Å². The van der Waals surface area contributed by atoms with Crippen LogP contribution in [0.3, 0.4) is 0 Å². The van der Waals surface area contributed by atoms with Gasteiger partial charge in [0.2, 0.25) is 0 Å². The third kappa shape index (κ3) is 4.95. The van der Waals surface area contributed by atoms with Gasteiger partial charge in [-0.25, -0.2) is 0 Å². The van der Waals surface area contributed by atoms with Gasteiger partial charge in [0.25, 0.3) is 0 Å². The molecule has 0 saturated carbocycles. The highest BCUT2D eigenvalue weighted by atomic mass is 16.5. The summed E-state index contributed by atoms with van der Waals surface area (Å²) in [6.45, 7) is 8.22. The second-order valence-corrected chi connectivity index (χ2v) is 6.55. The Morgan fingerprint density at radius 3 is 2.04 bits per heavy atom. The van der Waals surface area contributed by atoms with Crippen molar-refractivity contribution in [1.82, 2.24) is 0 Å². The molecule has 0 fully saturated rings. The van der Waals surface area contributed by atoms with Crippen molar-refractivity contribution in [2.75, 3.05) is 0 Å². The first-order chi connectivity index (χ1) is 11.0. The van der Waals surface area contributed by atoms with Gasteiger partial charge >= 0.3 is 5.97 Å². The monoisotopic (exact) mass is 310 g/mol. The molecule has 0 aliphatic heterocycles. The fourth-order valence-electron chi connectivity index (χ4n) is 2.62. The number of carbonyl (C=O) groups excluding carboxylic acids is 1. The van der Waals surface area contributed by atoms with Crippen LogP contribution in [0.2, 0.25) is 0 Å². The third-order valence-corrected chi connectivity index (χ3v) is 4.04. The number of rotatable bonds is 6. The summed E-state index contributed by atoms with van der Waals surface area (Å²) in [5.41, 5.74) is 3.32. The number of hydrogen-bond acceptors (Lipinski definition) is 2. The Kier molecular flexibility index (Phi) is 5.97. The minimum absolute atomic E-state index is 0.182. The maximum atomic E-state index is 12.4. The second kappa shape index (κ2) is 7.96. The summed E-state index contributed by atoms with van der Waals surface area (Å²) in [7, 11) is 0. The summed E-state index contributed by atoms with van der Waals surface area (Å²) in [6.07, 6.45) is 0.829. The lowest BCUT2D eigenvalue weighted by Gasteiger charge is -2.17. The Bertz CT molecular complexity index is 614. The fourth-order valence-corrected chi connectivity index (χ4v) is 2.62. The Morgan fingerprint density at radius 2 is 1.48 bits per heavy atom. The number of ether oxygens (including phenoxy) is 1. The molecule has 2 nitrogen and oxygen atoms in total. The van der Waals surface area contributed by atoms with Crippen molar-refractivity contribution in [1.29, 1.82) is 0 Å². The molecular formula is C21H26O2. The lowest BCUT2D eigenvalue weighted by atomic mass is 9.97. The van der Waals surface area contributed by atoms with Gasteiger partial charge in [0.15, 0.2) is 0 Å². The minimum atomic E-state index is -0.255. The number of carbonyl (C=O) groups is 1. The molecule has 0 saturated heterocycles. The zero-order valence-electron chi connectivity index (χ0n) is 14.5. The first-order valence-electron chi connectivity index (χ1n) is 8.31. The highest BCUT2D eigenvalue weighted by Gasteiger charge is 2.20. The van der Waals surface area contributed by atoms with E-state index in [0.717, 1.165) is 17.5 Å². The van der Waals surface area contributed by atoms with Crippen LogP contribution in [0.15, 0.2) is 54.6 Å². The summed E-state index contributed by atoms with van der Waals surface area (Å²) in [5.74, 6) is 0.196. The Hall–Kier alpha value is -2.09. The van der Waals surface area contributed by atoms with Crippen LogP contribution in [0, 0.1) is 5.92 Å². The Morgan fingerprint density at radius 1 is 0.870 bits per heavy atom. The van der Waals surface area contributed by atoms with Crippen molar-refractivity contribution in [3.05, 3.63) is 71.3 Å². The Balaban J connectivity index is 1.99. The van der Waals surface area contributed by atoms with E-state index >= 15 is 0 Å². The lowest BCUT2D eigenvalue weighted by Crippen LogP contribution is -2.15. The number of esters is 1. The van der Waals surface area contributed by atoms with Crippen LogP contribution >= 0.6 is 0 Å². The van der Waals surface area contributed by atoms with E-state index in [1.165, 1.54) is 5.56 Å². The zero-order chi connectivity index (χ0) is 16.8. The molecule has 0 radical (unpaired) electrons. The van der Waals surface area contributed by atoms with E-state index in [-0.39, 0.29) is 18.0 Å². The van der Waals surface area contributed by atoms with Gasteiger partial charge in [-0.2, -0.15) is 0 Å². The first-order valence-corrected chi connectivity index (χ1v) is 8.31. The average molecular weight is 310 g/mol. The van der Waals surface area contributed by atoms with Crippen molar-refractivity contribution in [3.63, 3.8) is 0 Å². The summed E-state index contributed by atoms with van der Waals surface area (Å²) in [6, 6.07) is 18.1. The molecule has 23 heavy (non-hydrogen) atoms. The van der Waals surface area contributed by atoms with Crippen molar-refractivity contribution in [2.24, 2.45) is 5.92 Å². The average Bonchev–Trinajstić information content (AvgIpc) is 2.55. The fraction of sp³-hybridized carbons (Fsp3) is 0.381. The van der Waals surface area contributed by atoms with Gasteiger partial charge in [0, 0.05) is 0 Å². The minimum Gasteiger partial charge on any atom is -0.457 e. The van der Waals surface area contributed by atoms with Gasteiger partial charge in [-0.15, -0.1) is 0 Å². The van der Waals surface area contributed by atoms with E-state index < -0.39 is 0 Å². The van der Waals surface area contributed by atoms with Gasteiger partial charge in [0.05, 0.1) is 5.92 Å². The van der Waals surface area contributed by atoms with E-state index in [4.69, 9.17) is 4.74 Å². The van der Waals surface area contributed by atoms with Crippen LogP contribution in [0.5, 0.6) is 0 Å². The smallest absolute Gasteiger partial charge is 0.313 e. The van der Waals surface area contributed by atoms with Crippen LogP contribution in [-0.2, 0) is 16.0 Å². The van der Waals surface area contributed by atoms with Gasteiger partial charge in [-0.1, -0.05) is 68.4 Å². The summed E-state index contributed by atoms with van der Waals surface area (Å²) in [5, 5.41) is 0. The molecule has 2 heteroatoms. The van der Waals surface area contributed by atoms with Crippen LogP contribution < -0.4 is 0 Å². The molecule has 0 heterocycles. The molecule has 2 aromatic rings. The topological polar surface area (TPSA) is 26.3 Å². The highest BCUT2D eigenvalue weighted by Crippen LogP contribution is 2.23. The predicted octanol–water partition coefficient (Wildman–Crippen LogP) is 5.29. The van der Waals surface area contributed by atoms with Crippen LogP contribution in [0.25, 0.3) is 0 Å². The SMILES string of the molecule is CC(C)Cc1ccc([C@@H](C)C(=O)O[C@H](C)c2ccccc2)cc1. The van der Waals surface area contributed by atoms with Gasteiger partial charge in [0.1, 0.15) is 6.10 Å². The van der Waals surface area contributed by atoms with Crippen LogP contribution in [0.4, 0.5) is 0 Å². The molecule has 2 rings (SSSR count). The molecule has 0 N–H and O–H groups in total. The zero-order valence-corrected chi connectivity index (χ0v) is 14.5. The summed E-state index contributed by atoms with van der Waals surface area (Å²) >= 11 is 0. The first kappa shape index (κ1) is 17.3. The second-order valence-electron chi connectivity index (χ2n) is 6.55. The molecule has 0 aromatic heterocycles. The van der Waals surface area contributed by atoms with Gasteiger partial charge < -0.3 is 4.74 Å². The van der Waals surface area contributed by atoms with Crippen molar-refractivity contribution in [2.45, 2.75) is 46.1 Å². The van der Waals surface area contributed by atoms with E-state index in [1.54, 1.807) is 0 Å². The molecule has 0 unspecified atom stereocenters. The summed E-state index contributed by atoms with van der Waals surface area (Å²) in [4.78, 5) is 12.4. The largest absolute Gasteiger partial charge is 0.457 e. The molecule has 0 amide bonds. The molecule has 2 aromatic carbocycles. The number of benzene rings is 2. The highest BCUT2D eigenvalue weighted by molar-refractivity contribution is 5.77. The van der Waals surface area contributed by atoms with E-state index in [2.05, 4.69) is 26.0 Å². The standard InChI is InChI=1S/C21H26O2/c1-15(2)14-18-10-12-19(13-11-18)16(3)21(22)23-17(4)20-8-6-5-7-9-20/h5-13,15-17H,14H2,1-4H3/t16-,17-/m1/s1. The summed E-state index contributed by atoms with van der Waals surface area (Å²) < 4.78 is 5.61. The normalized spacial score (nSPS) is 13.6. The maximum absolute atomic E-state index is 12.4. The molecule has 122 valence electrons. The molecule has 0 aliphatic rings. The van der Waals surface area contributed by atoms with Crippen molar-refractivity contribution in [3.8, 4) is 0 Å². The quantitative estimate of drug-likeness (QED) is 0.677. The van der Waals surface area contributed by atoms with Crippen LogP contribution in [-0.4, -0.2) is 5.97 Å². The van der Waals surface area contributed by atoms with Gasteiger partial charge in [-0.3, -0.25) is 4.79 Å². The molecule has 2 atom stereocenters. The molecule has 0 spiro atoms. The molecular weight excluding hydrogens is 284 g/mol. The number of hydrogen-bond donors (Lipinski definition) is 0. The molecule has 0 aliphatic carbocycles.